The van der Waals surface area contributed by atoms with E-state index in [1.54, 1.807) is 12.1 Å². The fourth-order valence-electron chi connectivity index (χ4n) is 2.20. The van der Waals surface area contributed by atoms with E-state index in [9.17, 15) is 18.0 Å². The number of benzene rings is 2. The first-order valence-electron chi connectivity index (χ1n) is 7.71. The topological polar surface area (TPSA) is 65.2 Å². The summed E-state index contributed by atoms with van der Waals surface area (Å²) in [5.41, 5.74) is 0.384. The number of rotatable bonds is 5. The van der Waals surface area contributed by atoms with E-state index in [0.717, 1.165) is 22.2 Å². The number of halogens is 4. The molecule has 0 N–H and O–H groups in total. The number of aromatic nitrogens is 2. The largest absolute Gasteiger partial charge is 0.455 e. The average molecular weight is 441 g/mol. The van der Waals surface area contributed by atoms with Crippen molar-refractivity contribution in [2.45, 2.75) is 19.2 Å². The summed E-state index contributed by atoms with van der Waals surface area (Å²) >= 11 is 3.31. The number of hydrogen-bond acceptors (Lipinski definition) is 5. The maximum Gasteiger partial charge on any atom is 0.416 e. The lowest BCUT2D eigenvalue weighted by molar-refractivity contribution is -0.145. The number of nitrogens with zero attached hydrogens (tertiary/aromatic N) is 2. The van der Waals surface area contributed by atoms with Crippen molar-refractivity contribution in [1.29, 1.82) is 0 Å². The van der Waals surface area contributed by atoms with Gasteiger partial charge >= 0.3 is 12.1 Å². The number of ether oxygens (including phenoxy) is 1. The SMILES string of the molecule is O=C(Cc1ccc(Br)cc1)OCc1nc(-c2ccc(C(F)(F)F)cc2)no1. The molecule has 0 saturated carbocycles. The fourth-order valence-corrected chi connectivity index (χ4v) is 2.47. The highest BCUT2D eigenvalue weighted by molar-refractivity contribution is 9.10. The Morgan fingerprint density at radius 2 is 1.74 bits per heavy atom. The molecule has 2 aromatic carbocycles. The molecule has 0 atom stereocenters. The monoisotopic (exact) mass is 440 g/mol. The number of alkyl halides is 3. The van der Waals surface area contributed by atoms with Crippen LogP contribution < -0.4 is 0 Å². The van der Waals surface area contributed by atoms with Gasteiger partial charge in [0.1, 0.15) is 0 Å². The van der Waals surface area contributed by atoms with Crippen LogP contribution in [0.2, 0.25) is 0 Å². The van der Waals surface area contributed by atoms with Crippen LogP contribution in [0.25, 0.3) is 11.4 Å². The second-order valence-corrected chi connectivity index (χ2v) is 6.47. The van der Waals surface area contributed by atoms with Gasteiger partial charge in [-0.2, -0.15) is 18.2 Å². The zero-order valence-electron chi connectivity index (χ0n) is 13.7. The quantitative estimate of drug-likeness (QED) is 0.533. The van der Waals surface area contributed by atoms with Crippen LogP contribution in [-0.2, 0) is 28.7 Å². The molecule has 0 aliphatic rings. The van der Waals surface area contributed by atoms with E-state index in [2.05, 4.69) is 26.1 Å². The summed E-state index contributed by atoms with van der Waals surface area (Å²) in [6, 6.07) is 11.6. The van der Waals surface area contributed by atoms with E-state index in [1.807, 2.05) is 12.1 Å². The van der Waals surface area contributed by atoms with Gasteiger partial charge in [0, 0.05) is 10.0 Å². The van der Waals surface area contributed by atoms with Gasteiger partial charge in [-0.25, -0.2) is 0 Å². The Labute approximate surface area is 160 Å². The Kier molecular flexibility index (Phi) is 5.59. The summed E-state index contributed by atoms with van der Waals surface area (Å²) < 4.78 is 48.7. The van der Waals surface area contributed by atoms with Crippen molar-refractivity contribution in [3.05, 3.63) is 70.0 Å². The predicted octanol–water partition coefficient (Wildman–Crippen LogP) is 4.80. The van der Waals surface area contributed by atoms with E-state index in [0.29, 0.717) is 5.56 Å². The molecule has 3 aromatic rings. The summed E-state index contributed by atoms with van der Waals surface area (Å²) in [6.45, 7) is -0.219. The Bertz CT molecular complexity index is 922. The minimum Gasteiger partial charge on any atom is -0.455 e. The van der Waals surface area contributed by atoms with Crippen molar-refractivity contribution >= 4 is 21.9 Å². The molecule has 0 aliphatic heterocycles. The average Bonchev–Trinajstić information content (AvgIpc) is 3.10. The summed E-state index contributed by atoms with van der Waals surface area (Å²) in [6.07, 6.45) is -4.32. The molecule has 5 nitrogen and oxygen atoms in total. The van der Waals surface area contributed by atoms with Crippen molar-refractivity contribution in [1.82, 2.24) is 10.1 Å². The highest BCUT2D eigenvalue weighted by Gasteiger charge is 2.30. The molecule has 140 valence electrons. The van der Waals surface area contributed by atoms with Crippen LogP contribution in [0.3, 0.4) is 0 Å². The van der Waals surface area contributed by atoms with Gasteiger partial charge in [0.05, 0.1) is 12.0 Å². The lowest BCUT2D eigenvalue weighted by Gasteiger charge is -2.05. The van der Waals surface area contributed by atoms with Crippen molar-refractivity contribution in [3.63, 3.8) is 0 Å². The van der Waals surface area contributed by atoms with Gasteiger partial charge in [-0.15, -0.1) is 0 Å². The molecule has 3 rings (SSSR count). The highest BCUT2D eigenvalue weighted by atomic mass is 79.9. The molecule has 0 amide bonds. The summed E-state index contributed by atoms with van der Waals surface area (Å²) in [4.78, 5) is 15.9. The molecule has 0 radical (unpaired) electrons. The highest BCUT2D eigenvalue weighted by Crippen LogP contribution is 2.30. The zero-order valence-corrected chi connectivity index (χ0v) is 15.3. The van der Waals surface area contributed by atoms with E-state index in [4.69, 9.17) is 9.26 Å². The first-order chi connectivity index (χ1) is 12.8. The first-order valence-corrected chi connectivity index (χ1v) is 8.51. The summed E-state index contributed by atoms with van der Waals surface area (Å²) in [5.74, 6) is -0.302. The predicted molar refractivity (Wildman–Crippen MR) is 92.4 cm³/mol. The van der Waals surface area contributed by atoms with Crippen molar-refractivity contribution in [3.8, 4) is 11.4 Å². The Morgan fingerprint density at radius 3 is 2.37 bits per heavy atom. The molecule has 1 heterocycles. The summed E-state index contributed by atoms with van der Waals surface area (Å²) in [7, 11) is 0. The van der Waals surface area contributed by atoms with Gasteiger partial charge in [-0.3, -0.25) is 4.79 Å². The van der Waals surface area contributed by atoms with E-state index in [-0.39, 0.29) is 24.7 Å². The van der Waals surface area contributed by atoms with E-state index < -0.39 is 17.7 Å². The fraction of sp³-hybridized carbons (Fsp3) is 0.167. The number of hydrogen-bond donors (Lipinski definition) is 0. The normalized spacial score (nSPS) is 11.4. The third-order valence-electron chi connectivity index (χ3n) is 3.56. The van der Waals surface area contributed by atoms with Gasteiger partial charge in [0.25, 0.3) is 5.89 Å². The Hall–Kier alpha value is -2.68. The molecule has 0 bridgehead atoms. The molecular formula is C18H12BrF3N2O3. The van der Waals surface area contributed by atoms with Crippen molar-refractivity contribution in [2.75, 3.05) is 0 Å². The van der Waals surface area contributed by atoms with Crippen LogP contribution in [-0.4, -0.2) is 16.1 Å². The third kappa shape index (κ3) is 5.16. The molecule has 9 heteroatoms. The van der Waals surface area contributed by atoms with E-state index in [1.165, 1.54) is 12.1 Å². The smallest absolute Gasteiger partial charge is 0.416 e. The van der Waals surface area contributed by atoms with Gasteiger partial charge in [-0.1, -0.05) is 45.4 Å². The number of carbonyl (C=O) groups excluding carboxylic acids is 1. The molecular weight excluding hydrogens is 429 g/mol. The van der Waals surface area contributed by atoms with Crippen LogP contribution in [0, 0.1) is 0 Å². The standard InChI is InChI=1S/C18H12BrF3N2O3/c19-14-7-1-11(2-8-14)9-16(25)26-10-15-23-17(24-27-15)12-3-5-13(6-4-12)18(20,21)22/h1-8H,9-10H2. The lowest BCUT2D eigenvalue weighted by Crippen LogP contribution is -2.08. The maximum atomic E-state index is 12.6. The van der Waals surface area contributed by atoms with Crippen molar-refractivity contribution in [2.24, 2.45) is 0 Å². The van der Waals surface area contributed by atoms with Crippen LogP contribution in [0.5, 0.6) is 0 Å². The molecule has 0 fully saturated rings. The van der Waals surface area contributed by atoms with Gasteiger partial charge in [0.15, 0.2) is 6.61 Å². The Balaban J connectivity index is 1.57. The molecule has 1 aromatic heterocycles. The molecule has 0 aliphatic carbocycles. The lowest BCUT2D eigenvalue weighted by atomic mass is 10.1. The second kappa shape index (κ2) is 7.91. The van der Waals surface area contributed by atoms with Crippen LogP contribution in [0.15, 0.2) is 57.5 Å². The van der Waals surface area contributed by atoms with Crippen LogP contribution >= 0.6 is 15.9 Å². The molecule has 0 saturated heterocycles. The second-order valence-electron chi connectivity index (χ2n) is 5.55. The van der Waals surface area contributed by atoms with Gasteiger partial charge < -0.3 is 9.26 Å². The van der Waals surface area contributed by atoms with E-state index >= 15 is 0 Å². The van der Waals surface area contributed by atoms with Crippen molar-refractivity contribution < 1.29 is 27.2 Å². The van der Waals surface area contributed by atoms with Gasteiger partial charge in [-0.05, 0) is 29.8 Å². The number of esters is 1. The van der Waals surface area contributed by atoms with Gasteiger partial charge in [0.2, 0.25) is 5.82 Å². The Morgan fingerprint density at radius 1 is 1.07 bits per heavy atom. The first kappa shape index (κ1) is 19.1. The molecule has 27 heavy (non-hydrogen) atoms. The zero-order chi connectivity index (χ0) is 19.4. The third-order valence-corrected chi connectivity index (χ3v) is 4.09. The maximum absolute atomic E-state index is 12.6. The molecule has 0 unspecified atom stereocenters. The minimum absolute atomic E-state index is 0.0501. The minimum atomic E-state index is -4.41. The molecule has 0 spiro atoms. The summed E-state index contributed by atoms with van der Waals surface area (Å²) in [5, 5.41) is 3.69. The number of carbonyl (C=O) groups is 1. The van der Waals surface area contributed by atoms with Crippen LogP contribution in [0.1, 0.15) is 17.0 Å². The van der Waals surface area contributed by atoms with Crippen LogP contribution in [0.4, 0.5) is 13.2 Å².